The molecule has 1 amide bonds. The molecule has 2 rings (SSSR count). The molecule has 0 aliphatic carbocycles. The average Bonchev–Trinajstić information content (AvgIpc) is 3.01. The molecular weight excluding hydrogens is 276 g/mol. The maximum absolute atomic E-state index is 11.9. The van der Waals surface area contributed by atoms with Crippen LogP contribution in [0, 0.1) is 0 Å². The van der Waals surface area contributed by atoms with Crippen molar-refractivity contribution in [3.05, 3.63) is 24.3 Å². The van der Waals surface area contributed by atoms with Crippen LogP contribution in [0.1, 0.15) is 19.3 Å². The number of nitrogens with one attached hydrogen (secondary N) is 2. The highest BCUT2D eigenvalue weighted by atomic mass is 16.1. The van der Waals surface area contributed by atoms with Crippen LogP contribution >= 0.6 is 0 Å². The van der Waals surface area contributed by atoms with Crippen LogP contribution in [0.15, 0.2) is 24.3 Å². The highest BCUT2D eigenvalue weighted by Gasteiger charge is 2.12. The van der Waals surface area contributed by atoms with Crippen molar-refractivity contribution in [2.75, 3.05) is 57.0 Å². The summed E-state index contributed by atoms with van der Waals surface area (Å²) in [6, 6.07) is 8.14. The second-order valence-corrected chi connectivity index (χ2v) is 6.12. The zero-order valence-electron chi connectivity index (χ0n) is 13.8. The van der Waals surface area contributed by atoms with E-state index in [0.717, 1.165) is 38.3 Å². The maximum Gasteiger partial charge on any atom is 0.238 e. The first-order valence-electron chi connectivity index (χ1n) is 8.15. The van der Waals surface area contributed by atoms with E-state index < -0.39 is 0 Å². The zero-order chi connectivity index (χ0) is 15.8. The van der Waals surface area contributed by atoms with Crippen molar-refractivity contribution in [3.63, 3.8) is 0 Å². The third-order valence-corrected chi connectivity index (χ3v) is 3.87. The van der Waals surface area contributed by atoms with Crippen molar-refractivity contribution in [2.24, 2.45) is 0 Å². The first kappa shape index (κ1) is 16.8. The van der Waals surface area contributed by atoms with Crippen molar-refractivity contribution < 1.29 is 4.79 Å². The molecule has 0 saturated carbocycles. The molecule has 1 aliphatic heterocycles. The topological polar surface area (TPSA) is 47.6 Å². The van der Waals surface area contributed by atoms with Gasteiger partial charge in [0.1, 0.15) is 0 Å². The quantitative estimate of drug-likeness (QED) is 0.719. The van der Waals surface area contributed by atoms with E-state index >= 15 is 0 Å². The molecule has 0 bridgehead atoms. The molecule has 2 N–H and O–H groups in total. The Hall–Kier alpha value is -1.59. The van der Waals surface area contributed by atoms with Gasteiger partial charge in [-0.2, -0.15) is 0 Å². The van der Waals surface area contributed by atoms with Gasteiger partial charge in [-0.3, -0.25) is 4.79 Å². The number of hydrogen-bond acceptors (Lipinski definition) is 4. The van der Waals surface area contributed by atoms with Crippen molar-refractivity contribution in [1.82, 2.24) is 10.2 Å². The molecule has 5 nitrogen and oxygen atoms in total. The van der Waals surface area contributed by atoms with Gasteiger partial charge >= 0.3 is 0 Å². The first-order chi connectivity index (χ1) is 10.6. The van der Waals surface area contributed by atoms with E-state index in [0.29, 0.717) is 6.54 Å². The van der Waals surface area contributed by atoms with Gasteiger partial charge in [-0.15, -0.1) is 0 Å². The molecule has 0 unspecified atom stereocenters. The molecule has 1 aromatic carbocycles. The lowest BCUT2D eigenvalue weighted by Gasteiger charge is -2.17. The van der Waals surface area contributed by atoms with Crippen LogP contribution in [0.4, 0.5) is 11.4 Å². The fourth-order valence-electron chi connectivity index (χ4n) is 2.66. The Morgan fingerprint density at radius 1 is 1.18 bits per heavy atom. The van der Waals surface area contributed by atoms with Crippen LogP contribution in [0.2, 0.25) is 0 Å². The van der Waals surface area contributed by atoms with E-state index in [9.17, 15) is 4.79 Å². The largest absolute Gasteiger partial charge is 0.372 e. The van der Waals surface area contributed by atoms with Gasteiger partial charge in [0.15, 0.2) is 0 Å². The summed E-state index contributed by atoms with van der Waals surface area (Å²) in [5.41, 5.74) is 2.11. The number of hydrogen-bond donors (Lipinski definition) is 2. The Kier molecular flexibility index (Phi) is 6.68. The Morgan fingerprint density at radius 2 is 1.86 bits per heavy atom. The highest BCUT2D eigenvalue weighted by molar-refractivity contribution is 5.92. The number of amides is 1. The van der Waals surface area contributed by atoms with Gasteiger partial charge in [-0.1, -0.05) is 0 Å². The first-order valence-corrected chi connectivity index (χ1v) is 8.15. The van der Waals surface area contributed by atoms with Crippen molar-refractivity contribution in [2.45, 2.75) is 19.3 Å². The third kappa shape index (κ3) is 5.66. The SMILES string of the molecule is CN(C)CCCNCC(=O)Nc1ccc(N2CCCC2)cc1. The second-order valence-electron chi connectivity index (χ2n) is 6.12. The van der Waals surface area contributed by atoms with Gasteiger partial charge in [0.25, 0.3) is 0 Å². The number of carbonyl (C=O) groups excluding carboxylic acids is 1. The molecule has 0 spiro atoms. The standard InChI is InChI=1S/C17H28N4O/c1-20(2)11-5-10-18-14-17(22)19-15-6-8-16(9-7-15)21-12-3-4-13-21/h6-9,18H,3-5,10-14H2,1-2H3,(H,19,22). The molecule has 1 heterocycles. The van der Waals surface area contributed by atoms with Crippen LogP contribution in [0.25, 0.3) is 0 Å². The van der Waals surface area contributed by atoms with Crippen LogP contribution in [0.3, 0.4) is 0 Å². The molecule has 1 saturated heterocycles. The second kappa shape index (κ2) is 8.76. The summed E-state index contributed by atoms with van der Waals surface area (Å²) in [7, 11) is 4.11. The Balaban J connectivity index is 1.68. The highest BCUT2D eigenvalue weighted by Crippen LogP contribution is 2.21. The van der Waals surface area contributed by atoms with Gasteiger partial charge in [0.2, 0.25) is 5.91 Å². The summed E-state index contributed by atoms with van der Waals surface area (Å²) < 4.78 is 0. The maximum atomic E-state index is 11.9. The van der Waals surface area contributed by atoms with E-state index in [1.54, 1.807) is 0 Å². The predicted molar refractivity (Wildman–Crippen MR) is 92.6 cm³/mol. The molecule has 0 radical (unpaired) electrons. The lowest BCUT2D eigenvalue weighted by atomic mass is 10.2. The van der Waals surface area contributed by atoms with Crippen LogP contribution < -0.4 is 15.5 Å². The zero-order valence-corrected chi connectivity index (χ0v) is 13.8. The summed E-state index contributed by atoms with van der Waals surface area (Å²) in [5, 5.41) is 6.10. The Morgan fingerprint density at radius 3 is 2.50 bits per heavy atom. The van der Waals surface area contributed by atoms with E-state index in [2.05, 4.69) is 46.7 Å². The molecular formula is C17H28N4O. The van der Waals surface area contributed by atoms with Gasteiger partial charge in [-0.05, 0) is 70.7 Å². The van der Waals surface area contributed by atoms with E-state index in [-0.39, 0.29) is 5.91 Å². The molecule has 122 valence electrons. The Bertz CT molecular complexity index is 452. The van der Waals surface area contributed by atoms with Gasteiger partial charge in [0, 0.05) is 24.5 Å². The minimum atomic E-state index is 0.0128. The monoisotopic (exact) mass is 304 g/mol. The number of carbonyl (C=O) groups is 1. The van der Waals surface area contributed by atoms with Crippen molar-refractivity contribution in [1.29, 1.82) is 0 Å². The lowest BCUT2D eigenvalue weighted by molar-refractivity contribution is -0.115. The van der Waals surface area contributed by atoms with Gasteiger partial charge < -0.3 is 20.4 Å². The summed E-state index contributed by atoms with van der Waals surface area (Å²) >= 11 is 0. The molecule has 1 fully saturated rings. The Labute approximate surface area is 133 Å². The van der Waals surface area contributed by atoms with Crippen LogP contribution in [-0.2, 0) is 4.79 Å². The third-order valence-electron chi connectivity index (χ3n) is 3.87. The van der Waals surface area contributed by atoms with Gasteiger partial charge in [0.05, 0.1) is 6.54 Å². The number of rotatable bonds is 8. The minimum absolute atomic E-state index is 0.0128. The lowest BCUT2D eigenvalue weighted by Crippen LogP contribution is -2.30. The molecule has 5 heteroatoms. The van der Waals surface area contributed by atoms with E-state index in [4.69, 9.17) is 0 Å². The number of benzene rings is 1. The fraction of sp³-hybridized carbons (Fsp3) is 0.588. The van der Waals surface area contributed by atoms with Crippen molar-refractivity contribution in [3.8, 4) is 0 Å². The number of anilines is 2. The van der Waals surface area contributed by atoms with E-state index in [1.807, 2.05) is 12.1 Å². The van der Waals surface area contributed by atoms with E-state index in [1.165, 1.54) is 18.5 Å². The summed E-state index contributed by atoms with van der Waals surface area (Å²) in [5.74, 6) is 0.0128. The fourth-order valence-corrected chi connectivity index (χ4v) is 2.66. The summed E-state index contributed by atoms with van der Waals surface area (Å²) in [6.07, 6.45) is 3.60. The molecule has 1 aromatic rings. The summed E-state index contributed by atoms with van der Waals surface area (Å²) in [6.45, 7) is 4.54. The van der Waals surface area contributed by atoms with Crippen molar-refractivity contribution >= 4 is 17.3 Å². The molecule has 22 heavy (non-hydrogen) atoms. The molecule has 0 aromatic heterocycles. The smallest absolute Gasteiger partial charge is 0.238 e. The normalized spacial score (nSPS) is 14.6. The molecule has 0 atom stereocenters. The number of nitrogens with zero attached hydrogens (tertiary/aromatic N) is 2. The van der Waals surface area contributed by atoms with Gasteiger partial charge in [-0.25, -0.2) is 0 Å². The predicted octanol–water partition coefficient (Wildman–Crippen LogP) is 1.77. The molecule has 1 aliphatic rings. The summed E-state index contributed by atoms with van der Waals surface area (Å²) in [4.78, 5) is 16.4. The van der Waals surface area contributed by atoms with Crippen LogP contribution in [-0.4, -0.2) is 57.6 Å². The van der Waals surface area contributed by atoms with Crippen LogP contribution in [0.5, 0.6) is 0 Å². The average molecular weight is 304 g/mol. The minimum Gasteiger partial charge on any atom is -0.372 e.